The van der Waals surface area contributed by atoms with Gasteiger partial charge in [0.2, 0.25) is 17.8 Å². The molecule has 10 heteroatoms. The van der Waals surface area contributed by atoms with E-state index in [1.807, 2.05) is 22.7 Å². The average molecular weight is 436 g/mol. The van der Waals surface area contributed by atoms with Gasteiger partial charge in [-0.25, -0.2) is 0 Å². The Morgan fingerprint density at radius 2 is 2.00 bits per heavy atom. The molecule has 2 aliphatic heterocycles. The summed E-state index contributed by atoms with van der Waals surface area (Å²) in [6.07, 6.45) is 8.10. The Morgan fingerprint density at radius 3 is 2.84 bits per heavy atom. The summed E-state index contributed by atoms with van der Waals surface area (Å²) < 4.78 is 1.91. The van der Waals surface area contributed by atoms with Crippen LogP contribution < -0.4 is 20.9 Å². The number of fused-ring (bicyclic) bond motifs is 1. The van der Waals surface area contributed by atoms with Gasteiger partial charge in [0, 0.05) is 36.5 Å². The fourth-order valence-corrected chi connectivity index (χ4v) is 4.80. The van der Waals surface area contributed by atoms with Gasteiger partial charge in [-0.1, -0.05) is 0 Å². The highest BCUT2D eigenvalue weighted by atomic mass is 16.2. The number of aromatic nitrogens is 5. The molecule has 1 saturated carbocycles. The number of carbonyl (C=O) groups is 1. The number of hydrogen-bond donors (Lipinski definition) is 4. The molecule has 3 aromatic rings. The minimum absolute atomic E-state index is 0.0872. The molecule has 4 N–H and O–H groups in total. The van der Waals surface area contributed by atoms with Crippen LogP contribution in [0.25, 0.3) is 5.65 Å². The third-order valence-electron chi connectivity index (χ3n) is 6.73. The molecule has 0 spiro atoms. The van der Waals surface area contributed by atoms with Crippen molar-refractivity contribution in [1.29, 1.82) is 0 Å². The third-order valence-corrected chi connectivity index (χ3v) is 6.73. The summed E-state index contributed by atoms with van der Waals surface area (Å²) in [5, 5.41) is 17.5. The molecular weight excluding hydrogens is 406 g/mol. The van der Waals surface area contributed by atoms with E-state index in [-0.39, 0.29) is 18.0 Å². The lowest BCUT2D eigenvalue weighted by molar-refractivity contribution is -0.123. The van der Waals surface area contributed by atoms with Crippen molar-refractivity contribution in [3.8, 4) is 0 Å². The van der Waals surface area contributed by atoms with E-state index in [1.165, 1.54) is 18.5 Å². The number of hydrogen-bond acceptors (Lipinski definition) is 7. The van der Waals surface area contributed by atoms with Crippen molar-refractivity contribution in [1.82, 2.24) is 35.2 Å². The number of aromatic amines is 1. The first-order chi connectivity index (χ1) is 15.7. The first-order valence-corrected chi connectivity index (χ1v) is 11.7. The Morgan fingerprint density at radius 1 is 1.12 bits per heavy atom. The molecule has 2 saturated heterocycles. The van der Waals surface area contributed by atoms with E-state index in [1.54, 1.807) is 0 Å². The van der Waals surface area contributed by atoms with Crippen molar-refractivity contribution in [2.75, 3.05) is 29.9 Å². The first kappa shape index (κ1) is 19.5. The van der Waals surface area contributed by atoms with Gasteiger partial charge >= 0.3 is 0 Å². The molecule has 6 rings (SSSR count). The normalized spacial score (nSPS) is 21.9. The zero-order valence-electron chi connectivity index (χ0n) is 18.0. The predicted molar refractivity (Wildman–Crippen MR) is 121 cm³/mol. The van der Waals surface area contributed by atoms with E-state index in [0.29, 0.717) is 17.8 Å². The highest BCUT2D eigenvalue weighted by molar-refractivity contribution is 5.85. The van der Waals surface area contributed by atoms with Gasteiger partial charge in [0.25, 0.3) is 0 Å². The number of nitrogens with zero attached hydrogens (tertiary/aromatic N) is 5. The van der Waals surface area contributed by atoms with Crippen molar-refractivity contribution in [3.63, 3.8) is 0 Å². The molecule has 1 atom stereocenters. The van der Waals surface area contributed by atoms with Gasteiger partial charge < -0.3 is 20.9 Å². The minimum atomic E-state index is -0.234. The molecule has 1 amide bonds. The Balaban J connectivity index is 1.25. The molecule has 3 aromatic heterocycles. The van der Waals surface area contributed by atoms with Crippen LogP contribution in [0.4, 0.5) is 17.7 Å². The summed E-state index contributed by atoms with van der Waals surface area (Å²) >= 11 is 0. The lowest BCUT2D eigenvalue weighted by atomic mass is 10.1. The van der Waals surface area contributed by atoms with Crippen LogP contribution in [0.15, 0.2) is 24.4 Å². The maximum Gasteiger partial charge on any atom is 0.243 e. The molecule has 0 radical (unpaired) electrons. The van der Waals surface area contributed by atoms with Crippen LogP contribution in [0, 0.1) is 0 Å². The number of carbonyl (C=O) groups excluding carboxylic acids is 1. The second-order valence-corrected chi connectivity index (χ2v) is 9.08. The van der Waals surface area contributed by atoms with Gasteiger partial charge in [-0.2, -0.15) is 15.1 Å². The van der Waals surface area contributed by atoms with Crippen LogP contribution in [0.5, 0.6) is 0 Å². The standard InChI is InChI=1S/C22H29N9O/c32-20(24-15-7-9-23-10-8-15)17-3-1-11-30(17)22-26-19-4-2-12-31(19)21(27-22)25-18-13-16(28-29-18)14-5-6-14/h2,4,12-15,17,23H,1,3,5-11H2,(H,24,32)(H2,25,26,27,28,29)/t17-/m0/s1. The Labute approximate surface area is 186 Å². The monoisotopic (exact) mass is 435 g/mol. The number of nitrogens with one attached hydrogen (secondary N) is 4. The maximum atomic E-state index is 13.1. The highest BCUT2D eigenvalue weighted by Gasteiger charge is 2.34. The van der Waals surface area contributed by atoms with E-state index in [9.17, 15) is 4.79 Å². The van der Waals surface area contributed by atoms with Crippen LogP contribution in [0.3, 0.4) is 0 Å². The molecular formula is C22H29N9O. The zero-order valence-corrected chi connectivity index (χ0v) is 18.0. The van der Waals surface area contributed by atoms with E-state index in [0.717, 1.165) is 56.8 Å². The van der Waals surface area contributed by atoms with Crippen LogP contribution >= 0.6 is 0 Å². The smallest absolute Gasteiger partial charge is 0.243 e. The lowest BCUT2D eigenvalue weighted by Gasteiger charge is -2.28. The van der Waals surface area contributed by atoms with Crippen LogP contribution in [0.1, 0.15) is 50.1 Å². The maximum absolute atomic E-state index is 13.1. The second kappa shape index (κ2) is 8.09. The first-order valence-electron chi connectivity index (χ1n) is 11.7. The molecule has 3 fully saturated rings. The summed E-state index contributed by atoms with van der Waals surface area (Å²) in [5.41, 5.74) is 1.96. The summed E-state index contributed by atoms with van der Waals surface area (Å²) in [7, 11) is 0. The summed E-state index contributed by atoms with van der Waals surface area (Å²) in [6, 6.07) is 5.97. The summed E-state index contributed by atoms with van der Waals surface area (Å²) in [6.45, 7) is 2.69. The zero-order chi connectivity index (χ0) is 21.5. The van der Waals surface area contributed by atoms with Crippen molar-refractivity contribution in [3.05, 3.63) is 30.1 Å². The molecule has 32 heavy (non-hydrogen) atoms. The van der Waals surface area contributed by atoms with Crippen molar-refractivity contribution >= 4 is 29.3 Å². The Kier molecular flexibility index (Phi) is 4.94. The van der Waals surface area contributed by atoms with Crippen molar-refractivity contribution in [2.24, 2.45) is 0 Å². The van der Waals surface area contributed by atoms with E-state index in [2.05, 4.69) is 37.1 Å². The van der Waals surface area contributed by atoms with Gasteiger partial charge in [0.15, 0.2) is 5.82 Å². The summed E-state index contributed by atoms with van der Waals surface area (Å²) in [5.74, 6) is 2.67. The van der Waals surface area contributed by atoms with E-state index < -0.39 is 0 Å². The topological polar surface area (TPSA) is 115 Å². The van der Waals surface area contributed by atoms with E-state index >= 15 is 0 Å². The Hall–Kier alpha value is -3.14. The van der Waals surface area contributed by atoms with Gasteiger partial charge in [-0.15, -0.1) is 0 Å². The third kappa shape index (κ3) is 3.79. The molecule has 0 aromatic carbocycles. The molecule has 0 bridgehead atoms. The molecule has 0 unspecified atom stereocenters. The number of amides is 1. The van der Waals surface area contributed by atoms with Gasteiger partial charge in [-0.3, -0.25) is 14.3 Å². The van der Waals surface area contributed by atoms with Crippen molar-refractivity contribution in [2.45, 2.75) is 56.5 Å². The largest absolute Gasteiger partial charge is 0.351 e. The average Bonchev–Trinajstić information content (AvgIpc) is 3.20. The molecule has 5 heterocycles. The fraction of sp³-hybridized carbons (Fsp3) is 0.545. The number of piperidine rings is 1. The molecule has 168 valence electrons. The van der Waals surface area contributed by atoms with Gasteiger partial charge in [0.05, 0.1) is 0 Å². The number of H-pyrrole nitrogens is 1. The quantitative estimate of drug-likeness (QED) is 0.467. The fourth-order valence-electron chi connectivity index (χ4n) is 4.80. The predicted octanol–water partition coefficient (Wildman–Crippen LogP) is 1.91. The number of anilines is 3. The minimum Gasteiger partial charge on any atom is -0.351 e. The number of rotatable bonds is 6. The van der Waals surface area contributed by atoms with Crippen molar-refractivity contribution < 1.29 is 4.79 Å². The molecule has 1 aliphatic carbocycles. The van der Waals surface area contributed by atoms with Gasteiger partial charge in [0.1, 0.15) is 11.7 Å². The SMILES string of the molecule is O=C(NC1CCNCC1)[C@@H]1CCCN1c1nc(Nc2cc(C3CC3)[nH]n2)n2cccc2n1. The second-order valence-electron chi connectivity index (χ2n) is 9.08. The lowest BCUT2D eigenvalue weighted by Crippen LogP contribution is -2.50. The van der Waals surface area contributed by atoms with Crippen LogP contribution in [-0.2, 0) is 4.79 Å². The van der Waals surface area contributed by atoms with Gasteiger partial charge in [-0.05, 0) is 63.7 Å². The summed E-state index contributed by atoms with van der Waals surface area (Å²) in [4.78, 5) is 24.7. The Bertz CT molecular complexity index is 1110. The molecule has 10 nitrogen and oxygen atoms in total. The van der Waals surface area contributed by atoms with Crippen LogP contribution in [-0.4, -0.2) is 62.2 Å². The van der Waals surface area contributed by atoms with E-state index in [4.69, 9.17) is 9.97 Å². The molecule has 3 aliphatic rings. The van der Waals surface area contributed by atoms with Crippen LogP contribution in [0.2, 0.25) is 0 Å². The highest BCUT2D eigenvalue weighted by Crippen LogP contribution is 2.39.